The predicted molar refractivity (Wildman–Crippen MR) is 84.3 cm³/mol. The van der Waals surface area contributed by atoms with E-state index in [-0.39, 0.29) is 24.6 Å². The van der Waals surface area contributed by atoms with E-state index in [0.29, 0.717) is 0 Å². The molecule has 0 saturated carbocycles. The number of carbonyl (C=O) groups is 1. The fourth-order valence-corrected chi connectivity index (χ4v) is 2.81. The molecule has 1 aliphatic rings. The largest absolute Gasteiger partial charge is 0.484 e. The maximum Gasteiger partial charge on any atom is 0.258 e. The number of nitrogens with one attached hydrogen (secondary N) is 1. The van der Waals surface area contributed by atoms with E-state index in [0.717, 1.165) is 37.9 Å². The van der Waals surface area contributed by atoms with E-state index in [1.54, 1.807) is 0 Å². The molecule has 1 amide bonds. The van der Waals surface area contributed by atoms with Gasteiger partial charge in [-0.2, -0.15) is 0 Å². The molecule has 1 aliphatic carbocycles. The molecule has 2 rings (SSSR count). The zero-order valence-corrected chi connectivity index (χ0v) is 13.0. The maximum absolute atomic E-state index is 11.8. The van der Waals surface area contributed by atoms with Crippen LogP contribution in [0.4, 0.5) is 0 Å². The van der Waals surface area contributed by atoms with Crippen molar-refractivity contribution in [3.8, 4) is 5.75 Å². The third kappa shape index (κ3) is 4.21. The van der Waals surface area contributed by atoms with Crippen LogP contribution in [0.15, 0.2) is 18.2 Å². The molecule has 4 heteroatoms. The summed E-state index contributed by atoms with van der Waals surface area (Å²) < 4.78 is 5.60. The Bertz CT molecular complexity index is 484. The molecule has 3 N–H and O–H groups in total. The van der Waals surface area contributed by atoms with E-state index in [2.05, 4.69) is 25.2 Å². The first kappa shape index (κ1) is 15.8. The lowest BCUT2D eigenvalue weighted by molar-refractivity contribution is -0.123. The van der Waals surface area contributed by atoms with E-state index in [1.807, 2.05) is 12.1 Å². The van der Waals surface area contributed by atoms with Gasteiger partial charge in [-0.05, 0) is 55.4 Å². The van der Waals surface area contributed by atoms with Crippen LogP contribution in [0, 0.1) is 0 Å². The highest BCUT2D eigenvalue weighted by Gasteiger charge is 2.17. The van der Waals surface area contributed by atoms with Crippen LogP contribution in [0.3, 0.4) is 0 Å². The molecule has 0 fully saturated rings. The van der Waals surface area contributed by atoms with Crippen molar-refractivity contribution in [2.45, 2.75) is 58.0 Å². The molecule has 4 nitrogen and oxygen atoms in total. The summed E-state index contributed by atoms with van der Waals surface area (Å²) in [5.74, 6) is 0.663. The standard InChI is InChI=1S/C17H26N2O2/c1-3-13(4-2)19-17(20)11-21-14-9-8-12-6-5-7-16(18)15(12)10-14/h8-10,13,16H,3-7,11,18H2,1-2H3,(H,19,20). The Hall–Kier alpha value is -1.55. The van der Waals surface area contributed by atoms with Crippen LogP contribution in [0.2, 0.25) is 0 Å². The average molecular weight is 290 g/mol. The number of aryl methyl sites for hydroxylation is 1. The Kier molecular flexibility index (Phi) is 5.62. The lowest BCUT2D eigenvalue weighted by Crippen LogP contribution is -2.37. The first-order valence-corrected chi connectivity index (χ1v) is 7.94. The van der Waals surface area contributed by atoms with Crippen molar-refractivity contribution in [2.24, 2.45) is 5.73 Å². The molecule has 0 radical (unpaired) electrons. The van der Waals surface area contributed by atoms with Crippen molar-refractivity contribution in [3.63, 3.8) is 0 Å². The van der Waals surface area contributed by atoms with Crippen molar-refractivity contribution in [2.75, 3.05) is 6.61 Å². The maximum atomic E-state index is 11.8. The highest BCUT2D eigenvalue weighted by Crippen LogP contribution is 2.30. The molecule has 0 heterocycles. The van der Waals surface area contributed by atoms with Crippen molar-refractivity contribution >= 4 is 5.91 Å². The van der Waals surface area contributed by atoms with Crippen molar-refractivity contribution < 1.29 is 9.53 Å². The predicted octanol–water partition coefficient (Wildman–Crippen LogP) is 2.71. The van der Waals surface area contributed by atoms with Crippen molar-refractivity contribution in [1.82, 2.24) is 5.32 Å². The van der Waals surface area contributed by atoms with Gasteiger partial charge in [0.15, 0.2) is 6.61 Å². The summed E-state index contributed by atoms with van der Waals surface area (Å²) in [6, 6.07) is 6.32. The van der Waals surface area contributed by atoms with Crippen LogP contribution >= 0.6 is 0 Å². The monoisotopic (exact) mass is 290 g/mol. The molecule has 0 bridgehead atoms. The minimum Gasteiger partial charge on any atom is -0.484 e. The number of carbonyl (C=O) groups excluding carboxylic acids is 1. The van der Waals surface area contributed by atoms with Crippen molar-refractivity contribution in [3.05, 3.63) is 29.3 Å². The van der Waals surface area contributed by atoms with Crippen molar-refractivity contribution in [1.29, 1.82) is 0 Å². The lowest BCUT2D eigenvalue weighted by atomic mass is 9.88. The molecule has 1 unspecified atom stereocenters. The fourth-order valence-electron chi connectivity index (χ4n) is 2.81. The second-order valence-corrected chi connectivity index (χ2v) is 5.73. The number of hydrogen-bond acceptors (Lipinski definition) is 3. The summed E-state index contributed by atoms with van der Waals surface area (Å²) in [7, 11) is 0. The second-order valence-electron chi connectivity index (χ2n) is 5.73. The minimum atomic E-state index is -0.0641. The molecule has 0 aromatic heterocycles. The van der Waals surface area contributed by atoms with Crippen LogP contribution in [0.1, 0.15) is 56.7 Å². The Morgan fingerprint density at radius 3 is 2.90 bits per heavy atom. The first-order valence-electron chi connectivity index (χ1n) is 7.94. The molecule has 1 aromatic rings. The second kappa shape index (κ2) is 7.46. The molecule has 1 atom stereocenters. The van der Waals surface area contributed by atoms with E-state index < -0.39 is 0 Å². The summed E-state index contributed by atoms with van der Waals surface area (Å²) in [5, 5.41) is 2.97. The van der Waals surface area contributed by atoms with Gasteiger partial charge in [0.05, 0.1) is 0 Å². The van der Waals surface area contributed by atoms with Crippen LogP contribution in [-0.4, -0.2) is 18.6 Å². The quantitative estimate of drug-likeness (QED) is 0.846. The van der Waals surface area contributed by atoms with Gasteiger partial charge in [-0.1, -0.05) is 19.9 Å². The topological polar surface area (TPSA) is 64.3 Å². The van der Waals surface area contributed by atoms with Gasteiger partial charge in [0.25, 0.3) is 5.91 Å². The van der Waals surface area contributed by atoms with Crippen LogP contribution in [0.25, 0.3) is 0 Å². The van der Waals surface area contributed by atoms with E-state index >= 15 is 0 Å². The normalized spacial score (nSPS) is 17.4. The molecular weight excluding hydrogens is 264 g/mol. The Balaban J connectivity index is 1.92. The van der Waals surface area contributed by atoms with Crippen LogP contribution in [0.5, 0.6) is 5.75 Å². The van der Waals surface area contributed by atoms with Gasteiger partial charge < -0.3 is 15.8 Å². The van der Waals surface area contributed by atoms with Gasteiger partial charge in [-0.15, -0.1) is 0 Å². The van der Waals surface area contributed by atoms with E-state index in [4.69, 9.17) is 10.5 Å². The Morgan fingerprint density at radius 1 is 1.43 bits per heavy atom. The smallest absolute Gasteiger partial charge is 0.258 e. The average Bonchev–Trinajstić information content (AvgIpc) is 2.51. The highest BCUT2D eigenvalue weighted by molar-refractivity contribution is 5.77. The molecule has 1 aromatic carbocycles. The fraction of sp³-hybridized carbons (Fsp3) is 0.588. The van der Waals surface area contributed by atoms with Crippen LogP contribution in [-0.2, 0) is 11.2 Å². The molecule has 116 valence electrons. The van der Waals surface area contributed by atoms with E-state index in [9.17, 15) is 4.79 Å². The highest BCUT2D eigenvalue weighted by atomic mass is 16.5. The zero-order chi connectivity index (χ0) is 15.2. The molecule has 0 saturated heterocycles. The molecular formula is C17H26N2O2. The summed E-state index contributed by atoms with van der Waals surface area (Å²) in [4.78, 5) is 11.8. The van der Waals surface area contributed by atoms with Gasteiger partial charge in [0.1, 0.15) is 5.75 Å². The first-order chi connectivity index (χ1) is 10.1. The lowest BCUT2D eigenvalue weighted by Gasteiger charge is -2.23. The number of fused-ring (bicyclic) bond motifs is 1. The number of ether oxygens (including phenoxy) is 1. The van der Waals surface area contributed by atoms with Gasteiger partial charge >= 0.3 is 0 Å². The van der Waals surface area contributed by atoms with Gasteiger partial charge in [0, 0.05) is 12.1 Å². The van der Waals surface area contributed by atoms with Gasteiger partial charge in [0.2, 0.25) is 0 Å². The summed E-state index contributed by atoms with van der Waals surface area (Å²) in [5.41, 5.74) is 8.61. The van der Waals surface area contributed by atoms with Crippen LogP contribution < -0.4 is 15.8 Å². The Labute approximate surface area is 127 Å². The van der Waals surface area contributed by atoms with Gasteiger partial charge in [-0.25, -0.2) is 0 Å². The Morgan fingerprint density at radius 2 is 2.19 bits per heavy atom. The third-order valence-electron chi connectivity index (χ3n) is 4.20. The molecule has 0 spiro atoms. The number of nitrogens with two attached hydrogens (primary N) is 1. The minimum absolute atomic E-state index is 0.0600. The SMILES string of the molecule is CCC(CC)NC(=O)COc1ccc2c(c1)C(N)CCC2. The van der Waals surface area contributed by atoms with E-state index in [1.165, 1.54) is 11.1 Å². The summed E-state index contributed by atoms with van der Waals surface area (Å²) >= 11 is 0. The number of benzene rings is 1. The number of amides is 1. The summed E-state index contributed by atoms with van der Waals surface area (Å²) in [6.45, 7) is 4.20. The summed E-state index contributed by atoms with van der Waals surface area (Å²) in [6.07, 6.45) is 5.13. The zero-order valence-electron chi connectivity index (χ0n) is 13.0. The number of hydrogen-bond donors (Lipinski definition) is 2. The molecule has 21 heavy (non-hydrogen) atoms. The third-order valence-corrected chi connectivity index (χ3v) is 4.20. The molecule has 0 aliphatic heterocycles. The number of rotatable bonds is 6. The van der Waals surface area contributed by atoms with Gasteiger partial charge in [-0.3, -0.25) is 4.79 Å².